The Hall–Kier alpha value is -2.04. The molecule has 10 heteroatoms. The highest BCUT2D eigenvalue weighted by molar-refractivity contribution is 7.90. The van der Waals surface area contributed by atoms with Crippen LogP contribution in [0.4, 0.5) is 0 Å². The molecule has 152 valence electrons. The van der Waals surface area contributed by atoms with Crippen molar-refractivity contribution in [2.75, 3.05) is 44.7 Å². The monoisotopic (exact) mass is 423 g/mol. The number of H-pyrrole nitrogens is 1. The summed E-state index contributed by atoms with van der Waals surface area (Å²) in [4.78, 5) is 16.7. The summed E-state index contributed by atoms with van der Waals surface area (Å²) in [6, 6.07) is 7.91. The van der Waals surface area contributed by atoms with Gasteiger partial charge in [0, 0.05) is 44.5 Å². The van der Waals surface area contributed by atoms with Crippen molar-refractivity contribution in [1.82, 2.24) is 24.6 Å². The van der Waals surface area contributed by atoms with E-state index in [9.17, 15) is 13.2 Å². The van der Waals surface area contributed by atoms with Crippen LogP contribution in [-0.4, -0.2) is 83.6 Å². The second-order valence-electron chi connectivity index (χ2n) is 7.16. The molecular formula is C18H25N5O3S2. The van der Waals surface area contributed by atoms with E-state index in [4.69, 9.17) is 12.2 Å². The highest BCUT2D eigenvalue weighted by atomic mass is 32.2. The molecule has 1 aromatic heterocycles. The van der Waals surface area contributed by atoms with Gasteiger partial charge in [-0.25, -0.2) is 8.42 Å². The van der Waals surface area contributed by atoms with Crippen molar-refractivity contribution in [2.24, 2.45) is 0 Å². The maximum atomic E-state index is 12.8. The van der Waals surface area contributed by atoms with Gasteiger partial charge in [-0.05, 0) is 19.1 Å². The number of amides is 1. The molecule has 0 spiro atoms. The standard InChI is InChI=1S/C18H25N5O3S2/c1-14-3-5-15(6-4-14)17-19-20-18(27)23(17)13-16(24)22-9-7-21(8-10-22)11-12-28(2,25)26/h3-6H,7-13H2,1-2H3,(H,20,27). The van der Waals surface area contributed by atoms with E-state index >= 15 is 0 Å². The van der Waals surface area contributed by atoms with E-state index in [1.807, 2.05) is 31.2 Å². The maximum Gasteiger partial charge on any atom is 0.242 e. The minimum absolute atomic E-state index is 0.0198. The van der Waals surface area contributed by atoms with Gasteiger partial charge in [0.2, 0.25) is 5.91 Å². The lowest BCUT2D eigenvalue weighted by molar-refractivity contribution is -0.133. The van der Waals surface area contributed by atoms with Crippen LogP contribution in [0.1, 0.15) is 5.56 Å². The SMILES string of the molecule is Cc1ccc(-c2n[nH]c(=S)n2CC(=O)N2CCN(CCS(C)(=O)=O)CC2)cc1. The van der Waals surface area contributed by atoms with Crippen LogP contribution >= 0.6 is 12.2 Å². The fraction of sp³-hybridized carbons (Fsp3) is 0.500. The molecule has 0 saturated carbocycles. The molecule has 0 bridgehead atoms. The lowest BCUT2D eigenvalue weighted by atomic mass is 10.1. The zero-order valence-electron chi connectivity index (χ0n) is 16.1. The van der Waals surface area contributed by atoms with Crippen LogP contribution < -0.4 is 0 Å². The van der Waals surface area contributed by atoms with Crippen LogP contribution in [0.25, 0.3) is 11.4 Å². The molecular weight excluding hydrogens is 398 g/mol. The molecule has 28 heavy (non-hydrogen) atoms. The summed E-state index contributed by atoms with van der Waals surface area (Å²) in [7, 11) is -2.97. The van der Waals surface area contributed by atoms with E-state index in [1.54, 1.807) is 9.47 Å². The van der Waals surface area contributed by atoms with Gasteiger partial charge in [-0.1, -0.05) is 29.8 Å². The Kier molecular flexibility index (Phi) is 6.31. The molecule has 1 fully saturated rings. The lowest BCUT2D eigenvalue weighted by Crippen LogP contribution is -2.50. The van der Waals surface area contributed by atoms with Gasteiger partial charge >= 0.3 is 0 Å². The predicted octanol–water partition coefficient (Wildman–Crippen LogP) is 1.10. The molecule has 2 aromatic rings. The largest absolute Gasteiger partial charge is 0.339 e. The number of aryl methyl sites for hydroxylation is 1. The Balaban J connectivity index is 1.63. The fourth-order valence-corrected chi connectivity index (χ4v) is 3.92. The predicted molar refractivity (Wildman–Crippen MR) is 110 cm³/mol. The van der Waals surface area contributed by atoms with E-state index in [0.29, 0.717) is 43.3 Å². The van der Waals surface area contributed by atoms with Crippen LogP contribution in [0.5, 0.6) is 0 Å². The molecule has 1 aliphatic rings. The molecule has 1 N–H and O–H groups in total. The zero-order chi connectivity index (χ0) is 20.3. The van der Waals surface area contributed by atoms with Crippen molar-refractivity contribution in [1.29, 1.82) is 0 Å². The summed E-state index contributed by atoms with van der Waals surface area (Å²) < 4.78 is 24.8. The van der Waals surface area contributed by atoms with E-state index in [-0.39, 0.29) is 18.2 Å². The van der Waals surface area contributed by atoms with E-state index in [1.165, 1.54) is 6.26 Å². The number of hydrogen-bond donors (Lipinski definition) is 1. The second kappa shape index (κ2) is 8.54. The molecule has 3 rings (SSSR count). The van der Waals surface area contributed by atoms with Gasteiger partial charge < -0.3 is 4.90 Å². The number of benzene rings is 1. The molecule has 2 heterocycles. The van der Waals surface area contributed by atoms with Gasteiger partial charge in [0.1, 0.15) is 16.4 Å². The Morgan fingerprint density at radius 3 is 2.43 bits per heavy atom. The molecule has 1 amide bonds. The minimum atomic E-state index is -2.97. The fourth-order valence-electron chi connectivity index (χ4n) is 3.14. The minimum Gasteiger partial charge on any atom is -0.339 e. The average molecular weight is 424 g/mol. The third-order valence-electron chi connectivity index (χ3n) is 4.86. The van der Waals surface area contributed by atoms with Gasteiger partial charge in [-0.15, -0.1) is 0 Å². The smallest absolute Gasteiger partial charge is 0.242 e. The van der Waals surface area contributed by atoms with Crippen molar-refractivity contribution in [3.8, 4) is 11.4 Å². The molecule has 1 saturated heterocycles. The number of carbonyl (C=O) groups is 1. The van der Waals surface area contributed by atoms with Crippen molar-refractivity contribution in [3.05, 3.63) is 34.6 Å². The topological polar surface area (TPSA) is 91.3 Å². The van der Waals surface area contributed by atoms with Gasteiger partial charge in [0.05, 0.1) is 5.75 Å². The molecule has 0 atom stereocenters. The van der Waals surface area contributed by atoms with Crippen molar-refractivity contribution in [3.63, 3.8) is 0 Å². The number of hydrogen-bond acceptors (Lipinski definition) is 6. The van der Waals surface area contributed by atoms with Crippen molar-refractivity contribution < 1.29 is 13.2 Å². The number of aromatic amines is 1. The third kappa shape index (κ3) is 5.27. The number of rotatable bonds is 6. The number of nitrogens with zero attached hydrogens (tertiary/aromatic N) is 4. The van der Waals surface area contributed by atoms with Gasteiger partial charge in [0.25, 0.3) is 0 Å². The van der Waals surface area contributed by atoms with Crippen LogP contribution in [0, 0.1) is 11.7 Å². The normalized spacial score (nSPS) is 15.7. The first-order valence-corrected chi connectivity index (χ1v) is 11.6. The van der Waals surface area contributed by atoms with Crippen LogP contribution in [0.15, 0.2) is 24.3 Å². The molecule has 8 nitrogen and oxygen atoms in total. The van der Waals surface area contributed by atoms with E-state index in [0.717, 1.165) is 11.1 Å². The van der Waals surface area contributed by atoms with Crippen molar-refractivity contribution >= 4 is 28.0 Å². The summed E-state index contributed by atoms with van der Waals surface area (Å²) in [6.07, 6.45) is 1.24. The van der Waals surface area contributed by atoms with E-state index in [2.05, 4.69) is 15.1 Å². The molecule has 1 aromatic carbocycles. The summed E-state index contributed by atoms with van der Waals surface area (Å²) in [5.74, 6) is 0.768. The molecule has 0 unspecified atom stereocenters. The first-order chi connectivity index (χ1) is 13.2. The van der Waals surface area contributed by atoms with Crippen molar-refractivity contribution in [2.45, 2.75) is 13.5 Å². The van der Waals surface area contributed by atoms with Gasteiger partial charge in [-0.3, -0.25) is 19.4 Å². The zero-order valence-corrected chi connectivity index (χ0v) is 17.7. The van der Waals surface area contributed by atoms with Crippen LogP contribution in [-0.2, 0) is 21.2 Å². The highest BCUT2D eigenvalue weighted by Gasteiger charge is 2.23. The first-order valence-electron chi connectivity index (χ1n) is 9.13. The van der Waals surface area contributed by atoms with Gasteiger partial charge in [0.15, 0.2) is 10.6 Å². The molecule has 0 aliphatic carbocycles. The Labute approximate surface area is 170 Å². The van der Waals surface area contributed by atoms with Gasteiger partial charge in [-0.2, -0.15) is 5.10 Å². The first kappa shape index (κ1) is 20.7. The Morgan fingerprint density at radius 2 is 1.82 bits per heavy atom. The summed E-state index contributed by atoms with van der Waals surface area (Å²) in [6.45, 7) is 5.14. The highest BCUT2D eigenvalue weighted by Crippen LogP contribution is 2.18. The Morgan fingerprint density at radius 1 is 1.18 bits per heavy atom. The van der Waals surface area contributed by atoms with Crippen LogP contribution in [0.2, 0.25) is 0 Å². The second-order valence-corrected chi connectivity index (χ2v) is 9.80. The Bertz CT molecular complexity index is 987. The molecule has 1 aliphatic heterocycles. The quantitative estimate of drug-likeness (QED) is 0.700. The number of nitrogens with one attached hydrogen (secondary N) is 1. The summed E-state index contributed by atoms with van der Waals surface area (Å²) in [5, 5.41) is 7.06. The third-order valence-corrected chi connectivity index (χ3v) is 6.10. The lowest BCUT2D eigenvalue weighted by Gasteiger charge is -2.34. The van der Waals surface area contributed by atoms with Crippen LogP contribution in [0.3, 0.4) is 0 Å². The maximum absolute atomic E-state index is 12.8. The number of sulfone groups is 1. The summed E-state index contributed by atoms with van der Waals surface area (Å²) >= 11 is 5.32. The number of aromatic nitrogens is 3. The average Bonchev–Trinajstić information content (AvgIpc) is 3.01. The number of piperazine rings is 1. The molecule has 0 radical (unpaired) electrons. The summed E-state index contributed by atoms with van der Waals surface area (Å²) in [5.41, 5.74) is 2.05. The van der Waals surface area contributed by atoms with E-state index < -0.39 is 9.84 Å². The number of carbonyl (C=O) groups excluding carboxylic acids is 1.